The minimum absolute atomic E-state index is 0.0172. The zero-order valence-corrected chi connectivity index (χ0v) is 16.4. The molecule has 1 amide bonds. The van der Waals surface area contributed by atoms with Crippen molar-refractivity contribution in [3.63, 3.8) is 0 Å². The van der Waals surface area contributed by atoms with Crippen LogP contribution in [0.4, 0.5) is 5.69 Å². The van der Waals surface area contributed by atoms with E-state index in [1.54, 1.807) is 48.2 Å². The molecule has 1 N–H and O–H groups in total. The summed E-state index contributed by atoms with van der Waals surface area (Å²) in [4.78, 5) is 22.5. The number of nitro groups is 1. The molecule has 0 aliphatic rings. The van der Waals surface area contributed by atoms with E-state index in [0.29, 0.717) is 17.2 Å². The number of methoxy groups -OCH3 is 2. The summed E-state index contributed by atoms with van der Waals surface area (Å²) >= 11 is 0. The lowest BCUT2D eigenvalue weighted by Gasteiger charge is -2.09. The van der Waals surface area contributed by atoms with Gasteiger partial charge in [0.1, 0.15) is 0 Å². The van der Waals surface area contributed by atoms with Crippen molar-refractivity contribution in [1.29, 1.82) is 0 Å². The normalized spacial score (nSPS) is 10.7. The number of non-ortho nitro benzene ring substituents is 1. The smallest absolute Gasteiger partial charge is 0.269 e. The molecule has 0 atom stereocenters. The van der Waals surface area contributed by atoms with Crippen molar-refractivity contribution in [2.75, 3.05) is 14.2 Å². The Labute approximate surface area is 172 Å². The highest BCUT2D eigenvalue weighted by Gasteiger charge is 2.09. The van der Waals surface area contributed by atoms with E-state index in [4.69, 9.17) is 9.47 Å². The molecule has 154 valence electrons. The molecule has 1 heterocycles. The summed E-state index contributed by atoms with van der Waals surface area (Å²) in [5, 5.41) is 14.8. The number of aromatic nitrogens is 1. The van der Waals surface area contributed by atoms with E-state index >= 15 is 0 Å². The van der Waals surface area contributed by atoms with Crippen LogP contribution in [0.2, 0.25) is 0 Å². The first-order valence-electron chi connectivity index (χ1n) is 8.97. The molecule has 0 bridgehead atoms. The molecule has 9 heteroatoms. The van der Waals surface area contributed by atoms with Gasteiger partial charge in [-0.15, -0.1) is 0 Å². The molecule has 0 saturated heterocycles. The Balaban J connectivity index is 1.64. The first kappa shape index (κ1) is 20.6. The first-order chi connectivity index (χ1) is 14.5. The number of hydrogen-bond acceptors (Lipinski definition) is 6. The lowest BCUT2D eigenvalue weighted by atomic mass is 10.1. The van der Waals surface area contributed by atoms with Crippen molar-refractivity contribution in [1.82, 2.24) is 9.99 Å². The number of rotatable bonds is 8. The van der Waals surface area contributed by atoms with E-state index in [9.17, 15) is 14.9 Å². The molecule has 3 rings (SSSR count). The number of carbonyl (C=O) groups is 1. The Hall–Kier alpha value is -4.14. The molecule has 0 unspecified atom stereocenters. The van der Waals surface area contributed by atoms with Gasteiger partial charge >= 0.3 is 0 Å². The number of carbonyl (C=O) groups excluding carboxylic acids is 1. The summed E-state index contributed by atoms with van der Waals surface area (Å²) in [7, 11) is 3.08. The molecule has 0 aliphatic heterocycles. The zero-order chi connectivity index (χ0) is 21.5. The van der Waals surface area contributed by atoms with Gasteiger partial charge in [-0.25, -0.2) is 5.43 Å². The van der Waals surface area contributed by atoms with Crippen molar-refractivity contribution >= 4 is 17.8 Å². The number of hydrogen-bond donors (Lipinski definition) is 1. The number of nitrogens with zero attached hydrogens (tertiary/aromatic N) is 3. The average Bonchev–Trinajstić information content (AvgIpc) is 3.22. The van der Waals surface area contributed by atoms with Crippen LogP contribution in [0.3, 0.4) is 0 Å². The van der Waals surface area contributed by atoms with Gasteiger partial charge in [0.2, 0.25) is 5.91 Å². The predicted molar refractivity (Wildman–Crippen MR) is 111 cm³/mol. The van der Waals surface area contributed by atoms with E-state index in [1.165, 1.54) is 25.5 Å². The second kappa shape index (κ2) is 9.37. The van der Waals surface area contributed by atoms with Gasteiger partial charge in [0.25, 0.3) is 5.69 Å². The van der Waals surface area contributed by atoms with Crippen LogP contribution >= 0.6 is 0 Å². The van der Waals surface area contributed by atoms with Gasteiger partial charge in [-0.05, 0) is 42.0 Å². The van der Waals surface area contributed by atoms with Gasteiger partial charge in [-0.1, -0.05) is 6.07 Å². The lowest BCUT2D eigenvalue weighted by Crippen LogP contribution is -2.20. The van der Waals surface area contributed by atoms with Gasteiger partial charge in [-0.2, -0.15) is 5.10 Å². The summed E-state index contributed by atoms with van der Waals surface area (Å²) in [5.74, 6) is 0.853. The van der Waals surface area contributed by atoms with Gasteiger partial charge in [-0.3, -0.25) is 14.9 Å². The molecule has 0 aliphatic carbocycles. The van der Waals surface area contributed by atoms with E-state index in [1.807, 2.05) is 12.1 Å². The largest absolute Gasteiger partial charge is 0.493 e. The van der Waals surface area contributed by atoms with Gasteiger partial charge < -0.3 is 14.0 Å². The minimum Gasteiger partial charge on any atom is -0.493 e. The maximum atomic E-state index is 12.2. The third-order valence-corrected chi connectivity index (χ3v) is 4.32. The van der Waals surface area contributed by atoms with Gasteiger partial charge in [0, 0.05) is 24.0 Å². The molecule has 2 aromatic carbocycles. The number of benzene rings is 2. The van der Waals surface area contributed by atoms with Crippen molar-refractivity contribution in [2.24, 2.45) is 5.10 Å². The lowest BCUT2D eigenvalue weighted by molar-refractivity contribution is -0.384. The highest BCUT2D eigenvalue weighted by atomic mass is 16.6. The van der Waals surface area contributed by atoms with E-state index < -0.39 is 4.92 Å². The van der Waals surface area contributed by atoms with Crippen LogP contribution in [0.15, 0.2) is 65.9 Å². The Bertz CT molecular complexity index is 1070. The Morgan fingerprint density at radius 1 is 1.13 bits per heavy atom. The molecule has 0 fully saturated rings. The number of amides is 1. The molecule has 3 aromatic rings. The third kappa shape index (κ3) is 4.82. The highest BCUT2D eigenvalue weighted by molar-refractivity contribution is 5.83. The minimum atomic E-state index is -0.449. The van der Waals surface area contributed by atoms with E-state index in [0.717, 1.165) is 11.3 Å². The molecule has 9 nitrogen and oxygen atoms in total. The molecule has 0 radical (unpaired) electrons. The van der Waals surface area contributed by atoms with Crippen LogP contribution in [0.25, 0.3) is 5.69 Å². The third-order valence-electron chi connectivity index (χ3n) is 4.32. The maximum absolute atomic E-state index is 12.2. The van der Waals surface area contributed by atoms with Crippen molar-refractivity contribution in [2.45, 2.75) is 6.42 Å². The van der Waals surface area contributed by atoms with Crippen LogP contribution in [0, 0.1) is 10.1 Å². The molecule has 0 spiro atoms. The van der Waals surface area contributed by atoms with Crippen molar-refractivity contribution < 1.29 is 19.2 Å². The Morgan fingerprint density at radius 2 is 1.87 bits per heavy atom. The second-order valence-corrected chi connectivity index (χ2v) is 6.24. The van der Waals surface area contributed by atoms with E-state index in [-0.39, 0.29) is 18.0 Å². The Kier molecular flexibility index (Phi) is 6.43. The predicted octanol–water partition coefficient (Wildman–Crippen LogP) is 3.10. The standard InChI is InChI=1S/C21H20N4O5/c1-29-19-10-5-15(12-20(19)30-2)13-21(26)23-22-14-18-4-3-11-24(18)16-6-8-17(9-7-16)25(27)28/h3-12,14H,13H2,1-2H3,(H,23,26). The van der Waals surface area contributed by atoms with Crippen LogP contribution in [-0.4, -0.2) is 35.8 Å². The number of nitro benzene ring substituents is 1. The summed E-state index contributed by atoms with van der Waals surface area (Å²) in [6, 6.07) is 15.0. The summed E-state index contributed by atoms with van der Waals surface area (Å²) in [5.41, 5.74) is 4.71. The van der Waals surface area contributed by atoms with Crippen LogP contribution in [-0.2, 0) is 11.2 Å². The first-order valence-corrected chi connectivity index (χ1v) is 8.97. The summed E-state index contributed by atoms with van der Waals surface area (Å²) in [6.07, 6.45) is 3.43. The fourth-order valence-electron chi connectivity index (χ4n) is 2.86. The number of ether oxygens (including phenoxy) is 2. The SMILES string of the molecule is COc1ccc(CC(=O)NN=Cc2cccn2-c2ccc([N+](=O)[O-])cc2)cc1OC. The molecule has 0 saturated carbocycles. The van der Waals surface area contributed by atoms with Gasteiger partial charge in [0.15, 0.2) is 11.5 Å². The molecular formula is C21H20N4O5. The Morgan fingerprint density at radius 3 is 2.53 bits per heavy atom. The van der Waals surface area contributed by atoms with Crippen molar-refractivity contribution in [3.8, 4) is 17.2 Å². The van der Waals surface area contributed by atoms with Crippen LogP contribution < -0.4 is 14.9 Å². The topological polar surface area (TPSA) is 108 Å². The number of hydrazone groups is 1. The average molecular weight is 408 g/mol. The van der Waals surface area contributed by atoms with Crippen LogP contribution in [0.5, 0.6) is 11.5 Å². The van der Waals surface area contributed by atoms with Crippen molar-refractivity contribution in [3.05, 3.63) is 82.2 Å². The quantitative estimate of drug-likeness (QED) is 0.350. The fraction of sp³-hybridized carbons (Fsp3) is 0.143. The maximum Gasteiger partial charge on any atom is 0.269 e. The number of nitrogens with one attached hydrogen (secondary N) is 1. The summed E-state index contributed by atoms with van der Waals surface area (Å²) in [6.45, 7) is 0. The highest BCUT2D eigenvalue weighted by Crippen LogP contribution is 2.27. The molecular weight excluding hydrogens is 388 g/mol. The molecule has 1 aromatic heterocycles. The summed E-state index contributed by atoms with van der Waals surface area (Å²) < 4.78 is 12.2. The molecule has 30 heavy (non-hydrogen) atoms. The second-order valence-electron chi connectivity index (χ2n) is 6.24. The van der Waals surface area contributed by atoms with Crippen LogP contribution in [0.1, 0.15) is 11.3 Å². The fourth-order valence-corrected chi connectivity index (χ4v) is 2.86. The van der Waals surface area contributed by atoms with E-state index in [2.05, 4.69) is 10.5 Å². The zero-order valence-electron chi connectivity index (χ0n) is 16.4. The van der Waals surface area contributed by atoms with Gasteiger partial charge in [0.05, 0.1) is 37.5 Å². The monoisotopic (exact) mass is 408 g/mol.